The lowest BCUT2D eigenvalue weighted by Crippen LogP contribution is -2.44. The van der Waals surface area contributed by atoms with Crippen LogP contribution in [-0.4, -0.2) is 33.3 Å². The summed E-state index contributed by atoms with van der Waals surface area (Å²) < 4.78 is 0.832. The molecule has 0 unspecified atom stereocenters. The molecule has 26 heavy (non-hydrogen) atoms. The van der Waals surface area contributed by atoms with E-state index in [4.69, 9.17) is 35.4 Å². The number of aromatic hydroxyl groups is 2. The lowest BCUT2D eigenvalue weighted by molar-refractivity contribution is -0.613. The Bertz CT molecular complexity index is 864. The van der Waals surface area contributed by atoms with E-state index in [0.29, 0.717) is 48.8 Å². The van der Waals surface area contributed by atoms with Crippen LogP contribution in [0.5, 0.6) is 11.5 Å². The van der Waals surface area contributed by atoms with Gasteiger partial charge in [0, 0.05) is 31.8 Å². The van der Waals surface area contributed by atoms with Crippen LogP contribution in [0, 0.1) is 5.21 Å². The minimum absolute atomic E-state index is 0.0890. The van der Waals surface area contributed by atoms with E-state index < -0.39 is 11.5 Å². The van der Waals surface area contributed by atoms with Gasteiger partial charge >= 0.3 is 0 Å². The first-order valence-electron chi connectivity index (χ1n) is 8.00. The molecule has 3 rings (SSSR count). The van der Waals surface area contributed by atoms with E-state index in [-0.39, 0.29) is 10.0 Å². The minimum Gasteiger partial charge on any atom is -0.619 e. The summed E-state index contributed by atoms with van der Waals surface area (Å²) in [5.74, 6) is -0.807. The molecule has 2 heterocycles. The van der Waals surface area contributed by atoms with Gasteiger partial charge in [-0.1, -0.05) is 29.3 Å². The van der Waals surface area contributed by atoms with E-state index in [2.05, 4.69) is 5.32 Å². The summed E-state index contributed by atoms with van der Waals surface area (Å²) in [6, 6.07) is 5.27. The second-order valence-corrected chi connectivity index (χ2v) is 7.10. The quantitative estimate of drug-likeness (QED) is 0.310. The van der Waals surface area contributed by atoms with Gasteiger partial charge in [-0.05, 0) is 29.8 Å². The molecule has 1 aliphatic heterocycles. The van der Waals surface area contributed by atoms with Crippen molar-refractivity contribution in [1.82, 2.24) is 10.2 Å². The first-order chi connectivity index (χ1) is 12.4. The van der Waals surface area contributed by atoms with Gasteiger partial charge in [0.1, 0.15) is 0 Å². The third kappa shape index (κ3) is 3.60. The lowest BCUT2D eigenvalue weighted by Gasteiger charge is -2.32. The van der Waals surface area contributed by atoms with Crippen molar-refractivity contribution < 1.29 is 14.9 Å². The number of rotatable bonds is 3. The molecule has 1 aromatic carbocycles. The first-order valence-corrected chi connectivity index (χ1v) is 9.17. The van der Waals surface area contributed by atoms with Gasteiger partial charge < -0.3 is 25.6 Å². The van der Waals surface area contributed by atoms with Gasteiger partial charge in [0.05, 0.1) is 16.5 Å². The molecule has 0 aliphatic carbocycles. The molecule has 6 nitrogen and oxygen atoms in total. The van der Waals surface area contributed by atoms with Crippen molar-refractivity contribution in [2.24, 2.45) is 0 Å². The molecule has 0 atom stereocenters. The van der Waals surface area contributed by atoms with E-state index in [1.807, 2.05) is 11.0 Å². The number of hydrogen-bond donors (Lipinski definition) is 3. The third-order valence-corrected chi connectivity index (χ3v) is 5.58. The average Bonchev–Trinajstić information content (AvgIpc) is 2.65. The zero-order valence-electron chi connectivity index (χ0n) is 13.7. The van der Waals surface area contributed by atoms with Crippen molar-refractivity contribution >= 4 is 40.5 Å². The third-order valence-electron chi connectivity index (χ3n) is 4.36. The van der Waals surface area contributed by atoms with Crippen LogP contribution in [0.25, 0.3) is 0 Å². The number of halogens is 2. The van der Waals surface area contributed by atoms with Crippen LogP contribution >= 0.6 is 35.4 Å². The Morgan fingerprint density at radius 1 is 1.23 bits per heavy atom. The number of thiocarbonyl (C=S) groups is 1. The van der Waals surface area contributed by atoms with Crippen LogP contribution in [0.1, 0.15) is 16.8 Å². The van der Waals surface area contributed by atoms with E-state index in [1.165, 1.54) is 6.20 Å². The van der Waals surface area contributed by atoms with E-state index in [9.17, 15) is 15.4 Å². The summed E-state index contributed by atoms with van der Waals surface area (Å²) in [4.78, 5) is 1.91. The molecule has 0 saturated carbocycles. The highest BCUT2D eigenvalue weighted by molar-refractivity contribution is 7.80. The fraction of sp³-hybridized carbons (Fsp3) is 0.294. The standard InChI is InChI=1S/C17H17Cl2N3O3S/c18-13-11-5-8-21(9-12(11)14(19)16(24)15(13)23)17(26)20-6-4-10-3-1-2-7-22(10)25/h1-3,7,23-24H,4-6,8-9H2,(H,20,26). The Kier molecular flexibility index (Phi) is 5.60. The molecule has 0 bridgehead atoms. The molecular weight excluding hydrogens is 397 g/mol. The van der Waals surface area contributed by atoms with Crippen LogP contribution in [0.3, 0.4) is 0 Å². The molecule has 1 aromatic heterocycles. The SMILES string of the molecule is [O-][n+]1ccccc1CCNC(=S)N1CCc2c(Cl)c(O)c(O)c(Cl)c2C1. The van der Waals surface area contributed by atoms with Crippen molar-refractivity contribution in [3.05, 3.63) is 56.5 Å². The normalized spacial score (nSPS) is 13.4. The summed E-state index contributed by atoms with van der Waals surface area (Å²) in [5, 5.41) is 35.2. The van der Waals surface area contributed by atoms with Gasteiger partial charge in [0.15, 0.2) is 28.5 Å². The van der Waals surface area contributed by atoms with Crippen LogP contribution in [0.2, 0.25) is 10.0 Å². The number of phenolic OH excluding ortho intramolecular Hbond substituents is 2. The predicted molar refractivity (Wildman–Crippen MR) is 104 cm³/mol. The smallest absolute Gasteiger partial charge is 0.194 e. The van der Waals surface area contributed by atoms with Gasteiger partial charge in [0.25, 0.3) is 0 Å². The molecule has 0 saturated heterocycles. The Balaban J connectivity index is 1.65. The zero-order chi connectivity index (χ0) is 18.8. The van der Waals surface area contributed by atoms with Gasteiger partial charge in [0.2, 0.25) is 0 Å². The fourth-order valence-corrected chi connectivity index (χ4v) is 3.76. The fourth-order valence-electron chi connectivity index (χ4n) is 2.94. The van der Waals surface area contributed by atoms with Gasteiger partial charge in [-0.2, -0.15) is 4.73 Å². The Labute approximate surface area is 166 Å². The molecular formula is C17H17Cl2N3O3S. The van der Waals surface area contributed by atoms with Crippen molar-refractivity contribution in [2.75, 3.05) is 13.1 Å². The molecule has 9 heteroatoms. The predicted octanol–water partition coefficient (Wildman–Crippen LogP) is 2.51. The van der Waals surface area contributed by atoms with Crippen LogP contribution in [0.15, 0.2) is 24.4 Å². The highest BCUT2D eigenvalue weighted by Gasteiger charge is 2.27. The van der Waals surface area contributed by atoms with Crippen LogP contribution < -0.4 is 10.0 Å². The number of aromatic nitrogens is 1. The average molecular weight is 414 g/mol. The van der Waals surface area contributed by atoms with Crippen molar-refractivity contribution in [3.8, 4) is 11.5 Å². The molecule has 0 amide bonds. The van der Waals surface area contributed by atoms with Crippen molar-refractivity contribution in [3.63, 3.8) is 0 Å². The summed E-state index contributed by atoms with van der Waals surface area (Å²) in [6.45, 7) is 1.50. The highest BCUT2D eigenvalue weighted by Crippen LogP contribution is 2.46. The number of nitrogens with zero attached hydrogens (tertiary/aromatic N) is 2. The second kappa shape index (κ2) is 7.73. The van der Waals surface area contributed by atoms with Gasteiger partial charge in [-0.3, -0.25) is 0 Å². The molecule has 0 spiro atoms. The number of benzene rings is 1. The Hall–Kier alpha value is -1.96. The lowest BCUT2D eigenvalue weighted by atomic mass is 9.98. The van der Waals surface area contributed by atoms with Crippen molar-refractivity contribution in [1.29, 1.82) is 0 Å². The minimum atomic E-state index is -0.416. The number of nitrogens with one attached hydrogen (secondary N) is 1. The molecule has 0 radical (unpaired) electrons. The summed E-state index contributed by atoms with van der Waals surface area (Å²) in [5.41, 5.74) is 2.03. The van der Waals surface area contributed by atoms with E-state index in [0.717, 1.165) is 10.3 Å². The van der Waals surface area contributed by atoms with E-state index >= 15 is 0 Å². The number of hydrogen-bond acceptors (Lipinski definition) is 4. The van der Waals surface area contributed by atoms with Gasteiger partial charge in [-0.15, -0.1) is 0 Å². The maximum Gasteiger partial charge on any atom is 0.194 e. The summed E-state index contributed by atoms with van der Waals surface area (Å²) >= 11 is 17.7. The zero-order valence-corrected chi connectivity index (χ0v) is 16.0. The second-order valence-electron chi connectivity index (χ2n) is 5.95. The molecule has 3 N–H and O–H groups in total. The molecule has 0 fully saturated rings. The largest absolute Gasteiger partial charge is 0.619 e. The monoisotopic (exact) mass is 413 g/mol. The van der Waals surface area contributed by atoms with Gasteiger partial charge in [-0.25, -0.2) is 0 Å². The molecule has 2 aromatic rings. The summed E-state index contributed by atoms with van der Waals surface area (Å²) in [7, 11) is 0. The maximum absolute atomic E-state index is 11.6. The number of pyridine rings is 1. The molecule has 138 valence electrons. The highest BCUT2D eigenvalue weighted by atomic mass is 35.5. The van der Waals surface area contributed by atoms with Crippen LogP contribution in [-0.2, 0) is 19.4 Å². The van der Waals surface area contributed by atoms with Crippen molar-refractivity contribution in [2.45, 2.75) is 19.4 Å². The molecule has 1 aliphatic rings. The Morgan fingerprint density at radius 3 is 2.62 bits per heavy atom. The number of fused-ring (bicyclic) bond motifs is 1. The first kappa shape index (κ1) is 18.8. The van der Waals surface area contributed by atoms with Crippen LogP contribution in [0.4, 0.5) is 0 Å². The Morgan fingerprint density at radius 2 is 1.92 bits per heavy atom. The maximum atomic E-state index is 11.6. The summed E-state index contributed by atoms with van der Waals surface area (Å²) in [6.07, 6.45) is 2.54. The topological polar surface area (TPSA) is 82.7 Å². The number of phenols is 2. The van der Waals surface area contributed by atoms with E-state index in [1.54, 1.807) is 12.1 Å².